The van der Waals surface area contributed by atoms with Gasteiger partial charge in [0.1, 0.15) is 10.4 Å². The Kier molecular flexibility index (Phi) is 2.94. The van der Waals surface area contributed by atoms with Crippen LogP contribution in [0.15, 0.2) is 33.2 Å². The molecule has 1 aliphatic heterocycles. The number of rotatable bonds is 1. The zero-order valence-electron chi connectivity index (χ0n) is 9.35. The zero-order chi connectivity index (χ0) is 13.7. The summed E-state index contributed by atoms with van der Waals surface area (Å²) in [6, 6.07) is 6.62. The topological polar surface area (TPSA) is 60.4 Å². The number of cyclic esters (lactones) is 1. The molecule has 0 N–H and O–H groups in total. The van der Waals surface area contributed by atoms with Gasteiger partial charge in [-0.3, -0.25) is 9.59 Å². The molecule has 3 rings (SSSR count). The second-order valence-electron chi connectivity index (χ2n) is 4.24. The summed E-state index contributed by atoms with van der Waals surface area (Å²) in [6.07, 6.45) is -0.880. The van der Waals surface area contributed by atoms with Gasteiger partial charge in [0.25, 0.3) is 0 Å². The monoisotopic (exact) mass is 384 g/mol. The Bertz CT molecular complexity index is 627. The standard InChI is InChI=1S/C13H6Br2O4/c14-8-9(15)13(18)19-12(8)7-10(16)5-3-1-2-4-6(5)11(7)17/h1-4,7,12H. The van der Waals surface area contributed by atoms with Crippen molar-refractivity contribution in [1.82, 2.24) is 0 Å². The van der Waals surface area contributed by atoms with Gasteiger partial charge in [-0.2, -0.15) is 0 Å². The van der Waals surface area contributed by atoms with Crippen LogP contribution in [0.3, 0.4) is 0 Å². The van der Waals surface area contributed by atoms with Crippen molar-refractivity contribution in [2.45, 2.75) is 6.10 Å². The molecule has 19 heavy (non-hydrogen) atoms. The Morgan fingerprint density at radius 2 is 1.47 bits per heavy atom. The maximum Gasteiger partial charge on any atom is 0.346 e. The van der Waals surface area contributed by atoms with Crippen molar-refractivity contribution < 1.29 is 19.1 Å². The lowest BCUT2D eigenvalue weighted by Crippen LogP contribution is -2.31. The molecule has 0 amide bonds. The van der Waals surface area contributed by atoms with E-state index in [1.807, 2.05) is 0 Å². The van der Waals surface area contributed by atoms with Crippen molar-refractivity contribution >= 4 is 49.4 Å². The summed E-state index contributed by atoms with van der Waals surface area (Å²) in [6.45, 7) is 0. The lowest BCUT2D eigenvalue weighted by molar-refractivity contribution is -0.139. The molecular weight excluding hydrogens is 380 g/mol. The van der Waals surface area contributed by atoms with Gasteiger partial charge in [0, 0.05) is 11.1 Å². The average Bonchev–Trinajstić information content (AvgIpc) is 2.80. The number of benzene rings is 1. The van der Waals surface area contributed by atoms with E-state index in [1.165, 1.54) is 0 Å². The number of carbonyl (C=O) groups excluding carboxylic acids is 3. The summed E-state index contributed by atoms with van der Waals surface area (Å²) in [5, 5.41) is 0. The Morgan fingerprint density at radius 3 is 1.89 bits per heavy atom. The van der Waals surface area contributed by atoms with E-state index >= 15 is 0 Å². The molecule has 1 unspecified atom stereocenters. The van der Waals surface area contributed by atoms with Gasteiger partial charge in [0.2, 0.25) is 0 Å². The predicted octanol–water partition coefficient (Wildman–Crippen LogP) is 2.61. The maximum absolute atomic E-state index is 12.3. The van der Waals surface area contributed by atoms with Crippen LogP contribution in [-0.2, 0) is 9.53 Å². The number of ether oxygens (including phenoxy) is 1. The van der Waals surface area contributed by atoms with E-state index in [4.69, 9.17) is 4.74 Å². The third-order valence-corrected chi connectivity index (χ3v) is 5.33. The van der Waals surface area contributed by atoms with E-state index in [9.17, 15) is 14.4 Å². The molecule has 0 spiro atoms. The minimum absolute atomic E-state index is 0.217. The van der Waals surface area contributed by atoms with E-state index in [1.54, 1.807) is 24.3 Å². The number of carbonyl (C=O) groups is 3. The fraction of sp³-hybridized carbons (Fsp3) is 0.154. The number of halogens is 2. The van der Waals surface area contributed by atoms with Gasteiger partial charge in [0.05, 0.1) is 4.48 Å². The molecule has 0 saturated carbocycles. The van der Waals surface area contributed by atoms with Crippen molar-refractivity contribution in [3.05, 3.63) is 44.4 Å². The van der Waals surface area contributed by atoms with Crippen LogP contribution < -0.4 is 0 Å². The van der Waals surface area contributed by atoms with Crippen molar-refractivity contribution in [2.75, 3.05) is 0 Å². The fourth-order valence-corrected chi connectivity index (χ4v) is 3.14. The summed E-state index contributed by atoms with van der Waals surface area (Å²) in [7, 11) is 0. The third-order valence-electron chi connectivity index (χ3n) is 3.20. The van der Waals surface area contributed by atoms with Crippen LogP contribution in [0.1, 0.15) is 20.7 Å². The van der Waals surface area contributed by atoms with Gasteiger partial charge in [-0.15, -0.1) is 0 Å². The molecule has 1 atom stereocenters. The van der Waals surface area contributed by atoms with Crippen LogP contribution in [-0.4, -0.2) is 23.6 Å². The number of esters is 1. The summed E-state index contributed by atoms with van der Waals surface area (Å²) in [5.41, 5.74) is 0.772. The second kappa shape index (κ2) is 4.38. The molecule has 6 heteroatoms. The van der Waals surface area contributed by atoms with Crippen molar-refractivity contribution in [3.63, 3.8) is 0 Å². The first-order valence-corrected chi connectivity index (χ1v) is 7.04. The van der Waals surface area contributed by atoms with Crippen LogP contribution in [0.2, 0.25) is 0 Å². The largest absolute Gasteiger partial charge is 0.452 e. The minimum Gasteiger partial charge on any atom is -0.452 e. The number of fused-ring (bicyclic) bond motifs is 1. The molecule has 0 fully saturated rings. The summed E-state index contributed by atoms with van der Waals surface area (Å²) < 4.78 is 5.71. The van der Waals surface area contributed by atoms with E-state index in [0.29, 0.717) is 15.6 Å². The molecule has 1 heterocycles. The summed E-state index contributed by atoms with van der Waals surface area (Å²) in [5.74, 6) is -2.19. The Balaban J connectivity index is 2.05. The van der Waals surface area contributed by atoms with Crippen molar-refractivity contribution in [1.29, 1.82) is 0 Å². The molecule has 4 nitrogen and oxygen atoms in total. The molecule has 1 aliphatic carbocycles. The highest BCUT2D eigenvalue weighted by molar-refractivity contribution is 9.14. The van der Waals surface area contributed by atoms with Crippen LogP contribution in [0.25, 0.3) is 0 Å². The summed E-state index contributed by atoms with van der Waals surface area (Å²) in [4.78, 5) is 36.0. The first-order chi connectivity index (χ1) is 9.02. The smallest absolute Gasteiger partial charge is 0.346 e. The van der Waals surface area contributed by atoms with Gasteiger partial charge in [-0.1, -0.05) is 40.2 Å². The van der Waals surface area contributed by atoms with Gasteiger partial charge in [0.15, 0.2) is 17.7 Å². The average molecular weight is 386 g/mol. The van der Waals surface area contributed by atoms with Crippen molar-refractivity contribution in [2.24, 2.45) is 5.92 Å². The molecule has 0 saturated heterocycles. The van der Waals surface area contributed by atoms with Crippen LogP contribution in [0.4, 0.5) is 0 Å². The first kappa shape index (κ1) is 12.7. The second-order valence-corrected chi connectivity index (χ2v) is 5.89. The number of ketones is 2. The van der Waals surface area contributed by atoms with E-state index < -0.39 is 18.0 Å². The Morgan fingerprint density at radius 1 is 0.947 bits per heavy atom. The van der Waals surface area contributed by atoms with E-state index in [2.05, 4.69) is 31.9 Å². The van der Waals surface area contributed by atoms with Gasteiger partial charge in [-0.05, 0) is 15.9 Å². The van der Waals surface area contributed by atoms with Crippen molar-refractivity contribution in [3.8, 4) is 0 Å². The molecule has 0 radical (unpaired) electrons. The van der Waals surface area contributed by atoms with Gasteiger partial charge < -0.3 is 4.74 Å². The van der Waals surface area contributed by atoms with Crippen LogP contribution in [0, 0.1) is 5.92 Å². The molecular formula is C13H6Br2O4. The fourth-order valence-electron chi connectivity index (χ4n) is 2.30. The van der Waals surface area contributed by atoms with E-state index in [-0.39, 0.29) is 16.0 Å². The number of hydrogen-bond donors (Lipinski definition) is 0. The molecule has 0 bridgehead atoms. The van der Waals surface area contributed by atoms with Gasteiger partial charge >= 0.3 is 5.97 Å². The molecule has 96 valence electrons. The molecule has 1 aromatic carbocycles. The van der Waals surface area contributed by atoms with E-state index in [0.717, 1.165) is 0 Å². The lowest BCUT2D eigenvalue weighted by Gasteiger charge is -2.15. The zero-order valence-corrected chi connectivity index (χ0v) is 12.5. The SMILES string of the molecule is O=C1OC(C2C(=O)c3ccccc3C2=O)C(Br)=C1Br. The van der Waals surface area contributed by atoms with Crippen LogP contribution in [0.5, 0.6) is 0 Å². The molecule has 0 aromatic heterocycles. The summed E-state index contributed by atoms with van der Waals surface area (Å²) >= 11 is 6.27. The molecule has 1 aromatic rings. The highest BCUT2D eigenvalue weighted by Gasteiger charge is 2.49. The highest BCUT2D eigenvalue weighted by atomic mass is 79.9. The lowest BCUT2D eigenvalue weighted by atomic mass is 9.97. The third kappa shape index (κ3) is 1.74. The number of hydrogen-bond acceptors (Lipinski definition) is 4. The highest BCUT2D eigenvalue weighted by Crippen LogP contribution is 2.40. The predicted molar refractivity (Wildman–Crippen MR) is 73.4 cm³/mol. The maximum atomic E-state index is 12.3. The molecule has 2 aliphatic rings. The van der Waals surface area contributed by atoms with Gasteiger partial charge in [-0.25, -0.2) is 4.79 Å². The van der Waals surface area contributed by atoms with Crippen LogP contribution >= 0.6 is 31.9 Å². The Labute approximate surface area is 125 Å². The number of Topliss-reactive ketones (excluding diaryl/α,β-unsaturated/α-hetero) is 2. The Hall–Kier alpha value is -1.27. The quantitative estimate of drug-likeness (QED) is 0.550. The normalized spacial score (nSPS) is 23.1. The minimum atomic E-state index is -0.995. The first-order valence-electron chi connectivity index (χ1n) is 5.46.